The molecule has 1 atom stereocenters. The van der Waals surface area contributed by atoms with Crippen molar-refractivity contribution in [3.63, 3.8) is 0 Å². The Labute approximate surface area is 130 Å². The van der Waals surface area contributed by atoms with E-state index in [4.69, 9.17) is 0 Å². The Morgan fingerprint density at radius 1 is 1.55 bits per heavy atom. The van der Waals surface area contributed by atoms with Gasteiger partial charge in [0.2, 0.25) is 0 Å². The highest BCUT2D eigenvalue weighted by atomic mass is 79.9. The second-order valence-electron chi connectivity index (χ2n) is 4.62. The molecule has 2 heterocycles. The Kier molecular flexibility index (Phi) is 4.77. The predicted molar refractivity (Wildman–Crippen MR) is 84.7 cm³/mol. The average molecular weight is 355 g/mol. The normalized spacial score (nSPS) is 12.2. The molecule has 6 heteroatoms. The van der Waals surface area contributed by atoms with Gasteiger partial charge in [-0.1, -0.05) is 0 Å². The first-order valence-electron chi connectivity index (χ1n) is 6.16. The largest absolute Gasteiger partial charge is 0.478 e. The fourth-order valence-electron chi connectivity index (χ4n) is 1.90. The van der Waals surface area contributed by atoms with Gasteiger partial charge in [0.15, 0.2) is 0 Å². The quantitative estimate of drug-likeness (QED) is 0.852. The summed E-state index contributed by atoms with van der Waals surface area (Å²) >= 11 is 4.99. The minimum absolute atomic E-state index is 0.111. The van der Waals surface area contributed by atoms with Crippen LogP contribution in [0.15, 0.2) is 28.9 Å². The van der Waals surface area contributed by atoms with E-state index in [1.807, 2.05) is 6.92 Å². The Bertz CT molecular complexity index is 627. The molecule has 2 aromatic rings. The van der Waals surface area contributed by atoms with Crippen LogP contribution in [-0.2, 0) is 6.42 Å². The van der Waals surface area contributed by atoms with Crippen LogP contribution >= 0.6 is 27.3 Å². The van der Waals surface area contributed by atoms with Crippen LogP contribution in [0.2, 0.25) is 0 Å². The highest BCUT2D eigenvalue weighted by Gasteiger charge is 2.14. The molecule has 0 aliphatic heterocycles. The maximum Gasteiger partial charge on any atom is 0.339 e. The molecule has 0 fully saturated rings. The minimum Gasteiger partial charge on any atom is -0.478 e. The summed E-state index contributed by atoms with van der Waals surface area (Å²) in [6, 6.07) is 5.86. The van der Waals surface area contributed by atoms with E-state index in [0.717, 1.165) is 6.42 Å². The number of aryl methyl sites for hydroxylation is 1. The molecule has 0 saturated heterocycles. The molecule has 4 nitrogen and oxygen atoms in total. The standard InChI is InChI=1S/C14H15BrN2O2S/c1-8(5-11-4-3-9(2)20-11)17-13-12(14(18)19)6-10(15)7-16-13/h3-4,6-8H,5H2,1-2H3,(H,16,17)(H,18,19). The van der Waals surface area contributed by atoms with Gasteiger partial charge in [-0.25, -0.2) is 9.78 Å². The van der Waals surface area contributed by atoms with E-state index in [1.165, 1.54) is 9.75 Å². The topological polar surface area (TPSA) is 62.2 Å². The van der Waals surface area contributed by atoms with E-state index in [1.54, 1.807) is 23.6 Å². The number of pyridine rings is 1. The zero-order chi connectivity index (χ0) is 14.7. The number of hydrogen-bond donors (Lipinski definition) is 2. The molecule has 0 radical (unpaired) electrons. The van der Waals surface area contributed by atoms with Gasteiger partial charge in [-0.2, -0.15) is 0 Å². The number of nitrogens with zero attached hydrogens (tertiary/aromatic N) is 1. The molecule has 2 rings (SSSR count). The fourth-order valence-corrected chi connectivity index (χ4v) is 3.25. The molecule has 0 aliphatic rings. The first-order valence-corrected chi connectivity index (χ1v) is 7.77. The van der Waals surface area contributed by atoms with E-state index in [2.05, 4.69) is 45.3 Å². The van der Waals surface area contributed by atoms with E-state index in [-0.39, 0.29) is 11.6 Å². The Balaban J connectivity index is 2.11. The molecular formula is C14H15BrN2O2S. The van der Waals surface area contributed by atoms with Gasteiger partial charge in [0, 0.05) is 32.9 Å². The van der Waals surface area contributed by atoms with Crippen molar-refractivity contribution < 1.29 is 9.90 Å². The lowest BCUT2D eigenvalue weighted by Gasteiger charge is -2.15. The molecule has 0 aliphatic carbocycles. The van der Waals surface area contributed by atoms with Gasteiger partial charge in [-0.05, 0) is 48.0 Å². The van der Waals surface area contributed by atoms with Crippen LogP contribution in [0.4, 0.5) is 5.82 Å². The molecule has 2 N–H and O–H groups in total. The maximum atomic E-state index is 11.2. The minimum atomic E-state index is -0.986. The summed E-state index contributed by atoms with van der Waals surface area (Å²) in [6.45, 7) is 4.09. The van der Waals surface area contributed by atoms with Crippen molar-refractivity contribution in [1.82, 2.24) is 4.98 Å². The van der Waals surface area contributed by atoms with Crippen molar-refractivity contribution in [3.8, 4) is 0 Å². The number of carboxylic acids is 1. The third-order valence-corrected chi connectivity index (χ3v) is 4.23. The van der Waals surface area contributed by atoms with E-state index < -0.39 is 5.97 Å². The van der Waals surface area contributed by atoms with Gasteiger partial charge in [0.1, 0.15) is 11.4 Å². The van der Waals surface area contributed by atoms with Gasteiger partial charge < -0.3 is 10.4 Å². The van der Waals surface area contributed by atoms with Crippen molar-refractivity contribution in [2.75, 3.05) is 5.32 Å². The van der Waals surface area contributed by atoms with Gasteiger partial charge in [0.25, 0.3) is 0 Å². The Hall–Kier alpha value is -1.40. The maximum absolute atomic E-state index is 11.2. The summed E-state index contributed by atoms with van der Waals surface area (Å²) < 4.78 is 0.655. The zero-order valence-electron chi connectivity index (χ0n) is 11.2. The van der Waals surface area contributed by atoms with Crippen LogP contribution in [0, 0.1) is 6.92 Å². The first kappa shape index (κ1) is 15.0. The monoisotopic (exact) mass is 354 g/mol. The number of halogens is 1. The molecular weight excluding hydrogens is 340 g/mol. The second-order valence-corrected chi connectivity index (χ2v) is 6.90. The number of nitrogens with one attached hydrogen (secondary N) is 1. The fraction of sp³-hybridized carbons (Fsp3) is 0.286. The highest BCUT2D eigenvalue weighted by Crippen LogP contribution is 2.21. The van der Waals surface area contributed by atoms with Gasteiger partial charge in [-0.15, -0.1) is 11.3 Å². The third kappa shape index (κ3) is 3.80. The number of hydrogen-bond acceptors (Lipinski definition) is 4. The number of carbonyl (C=O) groups is 1. The smallest absolute Gasteiger partial charge is 0.339 e. The molecule has 20 heavy (non-hydrogen) atoms. The molecule has 0 aromatic carbocycles. The summed E-state index contributed by atoms with van der Waals surface area (Å²) in [5, 5.41) is 12.4. The zero-order valence-corrected chi connectivity index (χ0v) is 13.6. The summed E-state index contributed by atoms with van der Waals surface area (Å²) in [6.07, 6.45) is 2.44. The number of thiophene rings is 1. The molecule has 0 spiro atoms. The SMILES string of the molecule is Cc1ccc(CC(C)Nc2ncc(Br)cc2C(=O)O)s1. The van der Waals surface area contributed by atoms with Gasteiger partial charge in [-0.3, -0.25) is 0 Å². The predicted octanol–water partition coefficient (Wildman–Crippen LogP) is 3.96. The van der Waals surface area contributed by atoms with Crippen molar-refractivity contribution in [1.29, 1.82) is 0 Å². The van der Waals surface area contributed by atoms with Crippen LogP contribution in [0.1, 0.15) is 27.0 Å². The summed E-state index contributed by atoms with van der Waals surface area (Å²) in [5.74, 6) is -0.582. The number of aromatic nitrogens is 1. The lowest BCUT2D eigenvalue weighted by Crippen LogP contribution is -2.20. The number of rotatable bonds is 5. The van der Waals surface area contributed by atoms with Crippen LogP contribution in [-0.4, -0.2) is 22.1 Å². The first-order chi connectivity index (χ1) is 9.45. The van der Waals surface area contributed by atoms with E-state index in [9.17, 15) is 9.90 Å². The highest BCUT2D eigenvalue weighted by molar-refractivity contribution is 9.10. The average Bonchev–Trinajstić information content (AvgIpc) is 2.76. The van der Waals surface area contributed by atoms with Crippen LogP contribution in [0.3, 0.4) is 0 Å². The molecule has 106 valence electrons. The lowest BCUT2D eigenvalue weighted by atomic mass is 10.2. The van der Waals surface area contributed by atoms with Crippen LogP contribution in [0.25, 0.3) is 0 Å². The third-order valence-electron chi connectivity index (χ3n) is 2.77. The number of anilines is 1. The van der Waals surface area contributed by atoms with E-state index >= 15 is 0 Å². The Morgan fingerprint density at radius 2 is 2.30 bits per heavy atom. The van der Waals surface area contributed by atoms with Crippen LogP contribution < -0.4 is 5.32 Å². The molecule has 0 bridgehead atoms. The van der Waals surface area contributed by atoms with E-state index in [0.29, 0.717) is 10.3 Å². The number of aromatic carboxylic acids is 1. The summed E-state index contributed by atoms with van der Waals surface area (Å²) in [7, 11) is 0. The van der Waals surface area contributed by atoms with Crippen LogP contribution in [0.5, 0.6) is 0 Å². The van der Waals surface area contributed by atoms with Crippen molar-refractivity contribution in [2.24, 2.45) is 0 Å². The van der Waals surface area contributed by atoms with Crippen molar-refractivity contribution >= 4 is 39.1 Å². The summed E-state index contributed by atoms with van der Waals surface area (Å²) in [5.41, 5.74) is 0.175. The molecule has 0 amide bonds. The van der Waals surface area contributed by atoms with Crippen molar-refractivity contribution in [2.45, 2.75) is 26.3 Å². The molecule has 0 saturated carbocycles. The molecule has 2 aromatic heterocycles. The number of carboxylic acid groups (broad SMARTS) is 1. The van der Waals surface area contributed by atoms with Crippen molar-refractivity contribution in [3.05, 3.63) is 44.2 Å². The molecule has 1 unspecified atom stereocenters. The second kappa shape index (κ2) is 6.37. The Morgan fingerprint density at radius 3 is 2.90 bits per heavy atom. The lowest BCUT2D eigenvalue weighted by molar-refractivity contribution is 0.0697. The summed E-state index contributed by atoms with van der Waals surface area (Å²) in [4.78, 5) is 17.9. The van der Waals surface area contributed by atoms with Gasteiger partial charge >= 0.3 is 5.97 Å². The van der Waals surface area contributed by atoms with Gasteiger partial charge in [0.05, 0.1) is 0 Å².